The summed E-state index contributed by atoms with van der Waals surface area (Å²) in [5.74, 6) is 0. The first kappa shape index (κ1) is 12.0. The number of likely N-dealkylation sites (N-methyl/N-ethyl adjacent to an activating group) is 1. The van der Waals surface area contributed by atoms with Crippen LogP contribution in [0.25, 0.3) is 0 Å². The van der Waals surface area contributed by atoms with E-state index in [-0.39, 0.29) is 0 Å². The van der Waals surface area contributed by atoms with Gasteiger partial charge in [-0.1, -0.05) is 13.8 Å². The number of hydrogen-bond donors (Lipinski definition) is 1. The molecule has 1 saturated heterocycles. The third kappa shape index (κ3) is 2.81. The van der Waals surface area contributed by atoms with E-state index in [0.29, 0.717) is 6.04 Å². The molecule has 1 aromatic heterocycles. The molecule has 2 rings (SSSR count). The quantitative estimate of drug-likeness (QED) is 0.850. The van der Waals surface area contributed by atoms with Gasteiger partial charge in [0.2, 0.25) is 0 Å². The molecule has 0 bridgehead atoms. The van der Waals surface area contributed by atoms with Crippen molar-refractivity contribution < 1.29 is 0 Å². The van der Waals surface area contributed by atoms with Crippen LogP contribution in [0.4, 0.5) is 0 Å². The second-order valence-electron chi connectivity index (χ2n) is 4.30. The molecule has 1 fully saturated rings. The Balaban J connectivity index is 1.94. The van der Waals surface area contributed by atoms with Gasteiger partial charge < -0.3 is 5.32 Å². The molecule has 0 radical (unpaired) electrons. The molecule has 1 aliphatic rings. The van der Waals surface area contributed by atoms with Crippen molar-refractivity contribution in [3.8, 4) is 0 Å². The summed E-state index contributed by atoms with van der Waals surface area (Å²) in [6.45, 7) is 8.84. The zero-order valence-corrected chi connectivity index (χ0v) is 11.0. The summed E-state index contributed by atoms with van der Waals surface area (Å²) >= 11 is 1.79. The maximum Gasteiger partial charge on any atom is 0.0926 e. The van der Waals surface area contributed by atoms with E-state index in [1.54, 1.807) is 11.3 Å². The molecule has 0 spiro atoms. The van der Waals surface area contributed by atoms with E-state index in [0.717, 1.165) is 26.1 Å². The lowest BCUT2D eigenvalue weighted by atomic mass is 10.2. The molecule has 0 saturated carbocycles. The second-order valence-corrected chi connectivity index (χ2v) is 5.24. The molecule has 16 heavy (non-hydrogen) atoms. The maximum atomic E-state index is 4.64. The first-order valence-electron chi connectivity index (χ1n) is 6.21. The maximum absolute atomic E-state index is 4.64. The highest BCUT2D eigenvalue weighted by Crippen LogP contribution is 2.15. The van der Waals surface area contributed by atoms with Crippen LogP contribution in [-0.2, 0) is 13.0 Å². The van der Waals surface area contributed by atoms with E-state index >= 15 is 0 Å². The Bertz CT molecular complexity index is 318. The lowest BCUT2D eigenvalue weighted by Gasteiger charge is -2.25. The predicted molar refractivity (Wildman–Crippen MR) is 68.9 cm³/mol. The molecule has 1 aromatic rings. The highest BCUT2D eigenvalue weighted by Gasteiger charge is 2.21. The molecule has 0 aromatic carbocycles. The SMILES string of the molecule is CCc1nc(CN(CC)C2CCNC2)cs1. The van der Waals surface area contributed by atoms with Crippen LogP contribution in [0.5, 0.6) is 0 Å². The molecule has 4 heteroatoms. The predicted octanol–water partition coefficient (Wildman–Crippen LogP) is 1.89. The van der Waals surface area contributed by atoms with Crippen LogP contribution in [0, 0.1) is 0 Å². The van der Waals surface area contributed by atoms with Crippen LogP contribution in [-0.4, -0.2) is 35.6 Å². The molecule has 0 aliphatic carbocycles. The van der Waals surface area contributed by atoms with Gasteiger partial charge in [0.15, 0.2) is 0 Å². The molecule has 1 unspecified atom stereocenters. The molecule has 2 heterocycles. The molecule has 1 aliphatic heterocycles. The normalized spacial score (nSPS) is 20.8. The van der Waals surface area contributed by atoms with Crippen molar-refractivity contribution in [3.05, 3.63) is 16.1 Å². The Labute approximate surface area is 102 Å². The summed E-state index contributed by atoms with van der Waals surface area (Å²) in [6.07, 6.45) is 2.33. The van der Waals surface area contributed by atoms with Gasteiger partial charge in [0.25, 0.3) is 0 Å². The summed E-state index contributed by atoms with van der Waals surface area (Å²) in [5.41, 5.74) is 1.25. The Morgan fingerprint density at radius 2 is 2.44 bits per heavy atom. The van der Waals surface area contributed by atoms with Gasteiger partial charge >= 0.3 is 0 Å². The van der Waals surface area contributed by atoms with E-state index in [1.807, 2.05) is 0 Å². The minimum Gasteiger partial charge on any atom is -0.315 e. The Kier molecular flexibility index (Phi) is 4.32. The average molecular weight is 239 g/mol. The van der Waals surface area contributed by atoms with Crippen LogP contribution in [0.3, 0.4) is 0 Å². The van der Waals surface area contributed by atoms with Gasteiger partial charge in [-0.15, -0.1) is 11.3 Å². The van der Waals surface area contributed by atoms with Crippen LogP contribution in [0.2, 0.25) is 0 Å². The number of hydrogen-bond acceptors (Lipinski definition) is 4. The van der Waals surface area contributed by atoms with E-state index in [1.165, 1.54) is 23.7 Å². The van der Waals surface area contributed by atoms with Crippen molar-refractivity contribution in [2.75, 3.05) is 19.6 Å². The van der Waals surface area contributed by atoms with Crippen LogP contribution in [0.1, 0.15) is 31.0 Å². The minimum atomic E-state index is 0.705. The summed E-state index contributed by atoms with van der Waals surface area (Å²) in [5, 5.41) is 6.90. The van der Waals surface area contributed by atoms with Crippen molar-refractivity contribution in [2.24, 2.45) is 0 Å². The Hall–Kier alpha value is -0.450. The number of nitrogens with zero attached hydrogens (tertiary/aromatic N) is 2. The van der Waals surface area contributed by atoms with Gasteiger partial charge in [-0.3, -0.25) is 4.90 Å². The third-order valence-corrected chi connectivity index (χ3v) is 4.27. The first-order valence-corrected chi connectivity index (χ1v) is 7.09. The largest absolute Gasteiger partial charge is 0.315 e. The van der Waals surface area contributed by atoms with Gasteiger partial charge in [-0.2, -0.15) is 0 Å². The molecule has 3 nitrogen and oxygen atoms in total. The molecule has 90 valence electrons. The zero-order valence-electron chi connectivity index (χ0n) is 10.2. The van der Waals surface area contributed by atoms with E-state index in [2.05, 4.69) is 34.4 Å². The second kappa shape index (κ2) is 5.75. The van der Waals surface area contributed by atoms with E-state index in [9.17, 15) is 0 Å². The van der Waals surface area contributed by atoms with Gasteiger partial charge in [-0.05, 0) is 25.9 Å². The van der Waals surface area contributed by atoms with Gasteiger partial charge in [-0.25, -0.2) is 4.98 Å². The number of aromatic nitrogens is 1. The van der Waals surface area contributed by atoms with Gasteiger partial charge in [0, 0.05) is 24.5 Å². The summed E-state index contributed by atoms with van der Waals surface area (Å²) in [7, 11) is 0. The first-order chi connectivity index (χ1) is 7.83. The molecular formula is C12H21N3S. The molecule has 1 atom stereocenters. The topological polar surface area (TPSA) is 28.2 Å². The van der Waals surface area contributed by atoms with Gasteiger partial charge in [0.1, 0.15) is 0 Å². The van der Waals surface area contributed by atoms with Crippen molar-refractivity contribution >= 4 is 11.3 Å². The van der Waals surface area contributed by atoms with E-state index in [4.69, 9.17) is 0 Å². The highest BCUT2D eigenvalue weighted by atomic mass is 32.1. The molecule has 1 N–H and O–H groups in total. The summed E-state index contributed by atoms with van der Waals surface area (Å²) in [6, 6.07) is 0.705. The molecule has 0 amide bonds. The van der Waals surface area contributed by atoms with Crippen LogP contribution in [0.15, 0.2) is 5.38 Å². The summed E-state index contributed by atoms with van der Waals surface area (Å²) in [4.78, 5) is 7.18. The smallest absolute Gasteiger partial charge is 0.0926 e. The van der Waals surface area contributed by atoms with Crippen LogP contribution < -0.4 is 5.32 Å². The van der Waals surface area contributed by atoms with Gasteiger partial charge in [0.05, 0.1) is 10.7 Å². The monoisotopic (exact) mass is 239 g/mol. The van der Waals surface area contributed by atoms with Crippen molar-refractivity contribution in [1.82, 2.24) is 15.2 Å². The van der Waals surface area contributed by atoms with Crippen molar-refractivity contribution in [1.29, 1.82) is 0 Å². The lowest BCUT2D eigenvalue weighted by Crippen LogP contribution is -2.36. The number of nitrogens with one attached hydrogen (secondary N) is 1. The summed E-state index contributed by atoms with van der Waals surface area (Å²) < 4.78 is 0. The lowest BCUT2D eigenvalue weighted by molar-refractivity contribution is 0.208. The average Bonchev–Trinajstić information content (AvgIpc) is 2.96. The van der Waals surface area contributed by atoms with Crippen molar-refractivity contribution in [3.63, 3.8) is 0 Å². The fourth-order valence-corrected chi connectivity index (χ4v) is 2.98. The Morgan fingerprint density at radius 3 is 3.00 bits per heavy atom. The van der Waals surface area contributed by atoms with E-state index < -0.39 is 0 Å². The standard InChI is InChI=1S/C12H21N3S/c1-3-12-14-10(9-16-12)8-15(4-2)11-5-6-13-7-11/h9,11,13H,3-8H2,1-2H3. The van der Waals surface area contributed by atoms with Crippen molar-refractivity contribution in [2.45, 2.75) is 39.3 Å². The molecular weight excluding hydrogens is 218 g/mol. The highest BCUT2D eigenvalue weighted by molar-refractivity contribution is 7.09. The zero-order chi connectivity index (χ0) is 11.4. The third-order valence-electron chi connectivity index (χ3n) is 3.22. The number of aryl methyl sites for hydroxylation is 1. The fraction of sp³-hybridized carbons (Fsp3) is 0.750. The minimum absolute atomic E-state index is 0.705. The van der Waals surface area contributed by atoms with Crippen LogP contribution >= 0.6 is 11.3 Å². The fourth-order valence-electron chi connectivity index (χ4n) is 2.24. The Morgan fingerprint density at radius 1 is 1.56 bits per heavy atom. The number of rotatable bonds is 5. The number of thiazole rings is 1.